The van der Waals surface area contributed by atoms with Crippen LogP contribution in [-0.2, 0) is 20.0 Å². The summed E-state index contributed by atoms with van der Waals surface area (Å²) in [5, 5.41) is 28.0. The molecule has 13 heteroatoms. The number of nitrogen functional groups attached to an aromatic ring is 1. The Kier molecular flexibility index (Phi) is 5.01. The fraction of sp³-hybridized carbons (Fsp3) is 0. The van der Waals surface area contributed by atoms with E-state index in [0.717, 1.165) is 6.07 Å². The van der Waals surface area contributed by atoms with Gasteiger partial charge in [0.15, 0.2) is 11.3 Å². The van der Waals surface area contributed by atoms with E-state index in [1.54, 1.807) is 6.07 Å². The molecule has 0 saturated carbocycles. The molecule has 0 atom stereocenters. The van der Waals surface area contributed by atoms with Crippen molar-refractivity contribution in [1.82, 2.24) is 0 Å². The van der Waals surface area contributed by atoms with Crippen molar-refractivity contribution in [2.45, 2.75) is 9.79 Å². The largest absolute Gasteiger partial charge is 0.478 e. The molecule has 0 aromatic heterocycles. The van der Waals surface area contributed by atoms with Gasteiger partial charge >= 0.3 is 5.97 Å². The molecule has 0 fully saturated rings. The summed E-state index contributed by atoms with van der Waals surface area (Å²) in [4.78, 5) is 10.6. The van der Waals surface area contributed by atoms with Crippen LogP contribution in [0.2, 0.25) is 0 Å². The van der Waals surface area contributed by atoms with Crippen LogP contribution in [0.15, 0.2) is 62.7 Å². The number of benzene rings is 3. The Hall–Kier alpha value is -3.78. The standard InChI is InChI=1S/C20H16N4O7S2/c21-13-7-5-11-15(9-3-1-2-4-10(9)20(25)26)12-6-8-14(22)19(33(24,29)30)17(12)31-16(11)18(13)32(23,27)28/h1-8,21H,22H2,(H,25,26)(H2,23,27,28)(H2,24,29,30). The molecule has 2 aromatic carbocycles. The van der Waals surface area contributed by atoms with Crippen molar-refractivity contribution in [2.75, 3.05) is 5.73 Å². The summed E-state index contributed by atoms with van der Waals surface area (Å²) in [6, 6.07) is 11.0. The number of nitrogens with one attached hydrogen (secondary N) is 1. The van der Waals surface area contributed by atoms with Gasteiger partial charge in [0, 0.05) is 16.5 Å². The highest BCUT2D eigenvalue weighted by Gasteiger charge is 2.30. The molecule has 0 bridgehead atoms. The number of carboxylic acids is 1. The number of hydrogen-bond donors (Lipinski definition) is 5. The number of carbonyl (C=O) groups is 1. The van der Waals surface area contributed by atoms with Crippen molar-refractivity contribution in [3.05, 3.63) is 59.5 Å². The summed E-state index contributed by atoms with van der Waals surface area (Å²) in [5.41, 5.74) is 5.38. The second-order valence-electron chi connectivity index (χ2n) is 7.10. The molecule has 33 heavy (non-hydrogen) atoms. The first-order valence-corrected chi connectivity index (χ1v) is 12.2. The number of anilines is 1. The van der Waals surface area contributed by atoms with Crippen molar-refractivity contribution in [3.63, 3.8) is 0 Å². The molecule has 1 aliphatic heterocycles. The highest BCUT2D eigenvalue weighted by molar-refractivity contribution is 7.89. The lowest BCUT2D eigenvalue weighted by molar-refractivity contribution is 0.0697. The van der Waals surface area contributed by atoms with Gasteiger partial charge in [-0.2, -0.15) is 0 Å². The van der Waals surface area contributed by atoms with E-state index in [2.05, 4.69) is 0 Å². The van der Waals surface area contributed by atoms with Gasteiger partial charge in [0.05, 0.1) is 16.6 Å². The van der Waals surface area contributed by atoms with Crippen LogP contribution in [0.25, 0.3) is 33.4 Å². The van der Waals surface area contributed by atoms with E-state index in [4.69, 9.17) is 25.8 Å². The molecule has 4 rings (SSSR count). The van der Waals surface area contributed by atoms with Gasteiger partial charge in [0.25, 0.3) is 0 Å². The second kappa shape index (κ2) is 7.38. The molecule has 2 aromatic rings. The Labute approximate surface area is 187 Å². The summed E-state index contributed by atoms with van der Waals surface area (Å²) >= 11 is 0. The van der Waals surface area contributed by atoms with Gasteiger partial charge in [-0.1, -0.05) is 18.2 Å². The minimum Gasteiger partial charge on any atom is -0.478 e. The van der Waals surface area contributed by atoms with Crippen LogP contribution >= 0.6 is 0 Å². The monoisotopic (exact) mass is 488 g/mol. The van der Waals surface area contributed by atoms with Crippen molar-refractivity contribution >= 4 is 42.7 Å². The third kappa shape index (κ3) is 3.62. The fourth-order valence-corrected chi connectivity index (χ4v) is 5.33. The maximum Gasteiger partial charge on any atom is 0.336 e. The van der Waals surface area contributed by atoms with Crippen LogP contribution in [0, 0.1) is 5.41 Å². The molecule has 0 saturated heterocycles. The van der Waals surface area contributed by atoms with E-state index in [9.17, 15) is 26.7 Å². The van der Waals surface area contributed by atoms with Crippen molar-refractivity contribution in [1.29, 1.82) is 5.41 Å². The Morgan fingerprint density at radius 3 is 2.12 bits per heavy atom. The minimum absolute atomic E-state index is 0.0846. The maximum absolute atomic E-state index is 12.3. The Morgan fingerprint density at radius 2 is 1.52 bits per heavy atom. The second-order valence-corrected chi connectivity index (χ2v) is 10.1. The van der Waals surface area contributed by atoms with Gasteiger partial charge in [-0.25, -0.2) is 31.9 Å². The number of rotatable bonds is 4. The smallest absolute Gasteiger partial charge is 0.336 e. The number of nitrogens with two attached hydrogens (primary N) is 3. The minimum atomic E-state index is -4.52. The van der Waals surface area contributed by atoms with E-state index in [1.807, 2.05) is 0 Å². The topological polar surface area (TPSA) is 221 Å². The van der Waals surface area contributed by atoms with Crippen molar-refractivity contribution < 1.29 is 31.2 Å². The predicted octanol–water partition coefficient (Wildman–Crippen LogP) is 1.26. The van der Waals surface area contributed by atoms with E-state index in [0.29, 0.717) is 0 Å². The molecule has 170 valence electrons. The average molecular weight is 489 g/mol. The van der Waals surface area contributed by atoms with Crippen molar-refractivity contribution in [3.8, 4) is 22.5 Å². The quantitative estimate of drug-likeness (QED) is 0.207. The third-order valence-corrected chi connectivity index (χ3v) is 6.96. The van der Waals surface area contributed by atoms with E-state index in [1.165, 1.54) is 36.4 Å². The lowest BCUT2D eigenvalue weighted by atomic mass is 9.90. The van der Waals surface area contributed by atoms with Gasteiger partial charge in [-0.3, -0.25) is 5.41 Å². The number of primary sulfonamides is 2. The first kappa shape index (κ1) is 22.4. The number of hydrogen-bond acceptors (Lipinski definition) is 8. The molecule has 0 radical (unpaired) electrons. The summed E-state index contributed by atoms with van der Waals surface area (Å²) in [6.45, 7) is 0. The zero-order valence-corrected chi connectivity index (χ0v) is 18.2. The molecule has 1 aliphatic carbocycles. The normalized spacial score (nSPS) is 12.3. The van der Waals surface area contributed by atoms with Gasteiger partial charge < -0.3 is 15.3 Å². The first-order valence-electron chi connectivity index (χ1n) is 9.07. The summed E-state index contributed by atoms with van der Waals surface area (Å²) < 4.78 is 55.0. The zero-order chi connectivity index (χ0) is 24.3. The highest BCUT2D eigenvalue weighted by Crippen LogP contribution is 2.45. The summed E-state index contributed by atoms with van der Waals surface area (Å²) in [5.74, 6) is -1.72. The Bertz CT molecular complexity index is 1730. The van der Waals surface area contributed by atoms with Crippen molar-refractivity contribution in [2.24, 2.45) is 10.3 Å². The molecule has 11 nitrogen and oxygen atoms in total. The molecular formula is C20H16N4O7S2. The lowest BCUT2D eigenvalue weighted by Crippen LogP contribution is -2.23. The van der Waals surface area contributed by atoms with E-state index >= 15 is 0 Å². The first-order chi connectivity index (χ1) is 15.3. The molecule has 1 heterocycles. The predicted molar refractivity (Wildman–Crippen MR) is 118 cm³/mol. The molecular weight excluding hydrogens is 472 g/mol. The van der Waals surface area contributed by atoms with Crippen LogP contribution in [0.5, 0.6) is 0 Å². The summed E-state index contributed by atoms with van der Waals surface area (Å²) in [7, 11) is -9.00. The van der Waals surface area contributed by atoms with Gasteiger partial charge in [0.2, 0.25) is 20.0 Å². The fourth-order valence-electron chi connectivity index (χ4n) is 3.74. The van der Waals surface area contributed by atoms with Crippen LogP contribution < -0.4 is 21.4 Å². The number of sulfonamides is 2. The highest BCUT2D eigenvalue weighted by atomic mass is 32.2. The zero-order valence-electron chi connectivity index (χ0n) is 16.6. The van der Waals surface area contributed by atoms with Crippen LogP contribution in [-0.4, -0.2) is 27.9 Å². The van der Waals surface area contributed by atoms with Gasteiger partial charge in [-0.15, -0.1) is 0 Å². The molecule has 8 N–H and O–H groups in total. The number of aromatic carboxylic acids is 1. The lowest BCUT2D eigenvalue weighted by Gasteiger charge is -2.20. The van der Waals surface area contributed by atoms with Crippen LogP contribution in [0.4, 0.5) is 5.69 Å². The molecule has 0 unspecified atom stereocenters. The summed E-state index contributed by atoms with van der Waals surface area (Å²) in [6.07, 6.45) is 0. The third-order valence-electron chi connectivity index (χ3n) is 4.99. The van der Waals surface area contributed by atoms with E-state index < -0.39 is 52.5 Å². The molecule has 0 amide bonds. The van der Waals surface area contributed by atoms with Gasteiger partial charge in [0.1, 0.15) is 9.79 Å². The van der Waals surface area contributed by atoms with E-state index in [-0.39, 0.29) is 33.3 Å². The molecule has 0 spiro atoms. The van der Waals surface area contributed by atoms with Crippen LogP contribution in [0.3, 0.4) is 0 Å². The van der Waals surface area contributed by atoms with Crippen LogP contribution in [0.1, 0.15) is 10.4 Å². The number of fused-ring (bicyclic) bond motifs is 2. The number of carboxylic acid groups (broad SMARTS) is 1. The Balaban J connectivity index is 2.40. The maximum atomic E-state index is 12.3. The SMILES string of the molecule is N=c1ccc2c(-c3ccccc3C(=O)O)c3ccc(N)c(S(N)(=O)=O)c3oc-2c1S(N)(=O)=O. The Morgan fingerprint density at radius 1 is 0.879 bits per heavy atom. The molecule has 2 aliphatic rings. The van der Waals surface area contributed by atoms with Gasteiger partial charge in [-0.05, 0) is 35.9 Å². The average Bonchev–Trinajstić information content (AvgIpc) is 2.69.